The van der Waals surface area contributed by atoms with Crippen molar-refractivity contribution in [3.8, 4) is 0 Å². The van der Waals surface area contributed by atoms with Gasteiger partial charge >= 0.3 is 0 Å². The Hall–Kier alpha value is -1.99. The molecule has 0 saturated carbocycles. The number of rotatable bonds is 1. The Morgan fingerprint density at radius 2 is 2.19 bits per heavy atom. The highest BCUT2D eigenvalue weighted by atomic mass is 35.5. The van der Waals surface area contributed by atoms with Crippen molar-refractivity contribution in [2.45, 2.75) is 6.42 Å². The third-order valence-electron chi connectivity index (χ3n) is 3.67. The monoisotopic (exact) mass is 303 g/mol. The predicted octanol–water partition coefficient (Wildman–Crippen LogP) is 1.13. The lowest BCUT2D eigenvalue weighted by Crippen LogP contribution is -2.29. The molecule has 0 unspecified atom stereocenters. The van der Waals surface area contributed by atoms with Gasteiger partial charge in [-0.1, -0.05) is 11.6 Å². The summed E-state index contributed by atoms with van der Waals surface area (Å²) in [7, 11) is 0. The van der Waals surface area contributed by atoms with Crippen molar-refractivity contribution in [3.05, 3.63) is 23.6 Å². The van der Waals surface area contributed by atoms with E-state index in [0.29, 0.717) is 10.7 Å². The molecular formula is C13H14ClN7. The Morgan fingerprint density at radius 3 is 3.14 bits per heavy atom. The van der Waals surface area contributed by atoms with E-state index in [1.54, 1.807) is 12.5 Å². The summed E-state index contributed by atoms with van der Waals surface area (Å²) in [5.74, 6) is 0.832. The Labute approximate surface area is 126 Å². The maximum atomic E-state index is 6.03. The lowest BCUT2D eigenvalue weighted by molar-refractivity contribution is 0.724. The lowest BCUT2D eigenvalue weighted by atomic mass is 10.3. The molecule has 0 atom stereocenters. The summed E-state index contributed by atoms with van der Waals surface area (Å²) in [6.07, 6.45) is 4.37. The molecular weight excluding hydrogens is 290 g/mol. The fourth-order valence-electron chi connectivity index (χ4n) is 2.67. The molecule has 1 aliphatic rings. The van der Waals surface area contributed by atoms with Crippen LogP contribution in [-0.2, 0) is 0 Å². The molecule has 0 radical (unpaired) electrons. The molecule has 0 aromatic carbocycles. The number of anilines is 1. The Morgan fingerprint density at radius 1 is 1.24 bits per heavy atom. The molecule has 7 nitrogen and oxygen atoms in total. The van der Waals surface area contributed by atoms with Crippen LogP contribution in [0.25, 0.3) is 16.8 Å². The van der Waals surface area contributed by atoms with Crippen molar-refractivity contribution >= 4 is 34.2 Å². The molecule has 1 saturated heterocycles. The normalized spacial score (nSPS) is 16.5. The largest absolute Gasteiger partial charge is 0.352 e. The first-order valence-electron chi connectivity index (χ1n) is 6.93. The summed E-state index contributed by atoms with van der Waals surface area (Å²) in [4.78, 5) is 11.3. The molecule has 21 heavy (non-hydrogen) atoms. The van der Waals surface area contributed by atoms with Gasteiger partial charge in [0, 0.05) is 25.8 Å². The summed E-state index contributed by atoms with van der Waals surface area (Å²) in [5, 5.41) is 12.2. The highest BCUT2D eigenvalue weighted by Gasteiger charge is 2.18. The molecule has 8 heteroatoms. The van der Waals surface area contributed by atoms with E-state index in [-0.39, 0.29) is 0 Å². The topological polar surface area (TPSA) is 71.2 Å². The van der Waals surface area contributed by atoms with Crippen LogP contribution in [0.15, 0.2) is 18.6 Å². The average Bonchev–Trinajstić information content (AvgIpc) is 2.83. The van der Waals surface area contributed by atoms with Crippen LogP contribution in [0.4, 0.5) is 5.82 Å². The SMILES string of the molecule is Clc1cnc2nc(N3CCCNCC3)c3nncn3c2c1. The molecule has 1 fully saturated rings. The lowest BCUT2D eigenvalue weighted by Gasteiger charge is -2.21. The third kappa shape index (κ3) is 2.18. The van der Waals surface area contributed by atoms with Gasteiger partial charge in [0.1, 0.15) is 6.33 Å². The highest BCUT2D eigenvalue weighted by molar-refractivity contribution is 6.31. The number of pyridine rings is 1. The zero-order valence-corrected chi connectivity index (χ0v) is 12.1. The second kappa shape index (κ2) is 5.09. The van der Waals surface area contributed by atoms with Crippen LogP contribution in [-0.4, -0.2) is 50.7 Å². The van der Waals surface area contributed by atoms with E-state index in [4.69, 9.17) is 11.6 Å². The fourth-order valence-corrected chi connectivity index (χ4v) is 2.82. The molecule has 4 rings (SSSR count). The minimum absolute atomic E-state index is 0.575. The van der Waals surface area contributed by atoms with Gasteiger partial charge in [-0.25, -0.2) is 9.97 Å². The summed E-state index contributed by atoms with van der Waals surface area (Å²) in [5.41, 5.74) is 2.21. The van der Waals surface area contributed by atoms with Crippen molar-refractivity contribution < 1.29 is 0 Å². The molecule has 0 bridgehead atoms. The zero-order valence-electron chi connectivity index (χ0n) is 11.3. The van der Waals surface area contributed by atoms with Crippen LogP contribution < -0.4 is 10.2 Å². The van der Waals surface area contributed by atoms with Gasteiger partial charge in [0.15, 0.2) is 11.5 Å². The maximum absolute atomic E-state index is 6.03. The highest BCUT2D eigenvalue weighted by Crippen LogP contribution is 2.24. The summed E-state index contributed by atoms with van der Waals surface area (Å²) < 4.78 is 1.90. The first-order valence-corrected chi connectivity index (χ1v) is 7.31. The molecule has 3 aromatic heterocycles. The van der Waals surface area contributed by atoms with Gasteiger partial charge in [-0.3, -0.25) is 4.40 Å². The van der Waals surface area contributed by atoms with Gasteiger partial charge in [0.25, 0.3) is 0 Å². The number of nitrogens with one attached hydrogen (secondary N) is 1. The molecule has 3 aromatic rings. The Balaban J connectivity index is 1.94. The number of hydrogen-bond acceptors (Lipinski definition) is 6. The summed E-state index contributed by atoms with van der Waals surface area (Å²) >= 11 is 6.03. The maximum Gasteiger partial charge on any atom is 0.204 e. The molecule has 0 aliphatic carbocycles. The summed E-state index contributed by atoms with van der Waals surface area (Å²) in [6.45, 7) is 3.81. The van der Waals surface area contributed by atoms with E-state index in [1.807, 2.05) is 10.5 Å². The van der Waals surface area contributed by atoms with Gasteiger partial charge in [-0.15, -0.1) is 10.2 Å². The first kappa shape index (κ1) is 12.7. The van der Waals surface area contributed by atoms with Crippen LogP contribution in [0.2, 0.25) is 5.02 Å². The van der Waals surface area contributed by atoms with Crippen molar-refractivity contribution in [2.24, 2.45) is 0 Å². The molecule has 108 valence electrons. The van der Waals surface area contributed by atoms with E-state index >= 15 is 0 Å². The van der Waals surface area contributed by atoms with Crippen molar-refractivity contribution in [1.82, 2.24) is 29.9 Å². The smallest absolute Gasteiger partial charge is 0.204 e. The van der Waals surface area contributed by atoms with E-state index < -0.39 is 0 Å². The van der Waals surface area contributed by atoms with Crippen LogP contribution in [0.5, 0.6) is 0 Å². The van der Waals surface area contributed by atoms with Crippen LogP contribution in [0.3, 0.4) is 0 Å². The summed E-state index contributed by atoms with van der Waals surface area (Å²) in [6, 6.07) is 1.83. The van der Waals surface area contributed by atoms with Crippen LogP contribution in [0, 0.1) is 0 Å². The predicted molar refractivity (Wildman–Crippen MR) is 80.8 cm³/mol. The average molecular weight is 304 g/mol. The standard InChI is InChI=1S/C13H14ClN7/c14-9-6-10-11(16-7-9)18-12(13-19-17-8-21(10)13)20-4-1-2-15-3-5-20/h6-8,15H,1-5H2. The van der Waals surface area contributed by atoms with Gasteiger partial charge in [0.2, 0.25) is 5.65 Å². The quantitative estimate of drug-likeness (QED) is 0.726. The van der Waals surface area contributed by atoms with Crippen molar-refractivity contribution in [1.29, 1.82) is 0 Å². The Bertz CT molecular complexity index is 792. The second-order valence-corrected chi connectivity index (χ2v) is 5.48. The van der Waals surface area contributed by atoms with Gasteiger partial charge < -0.3 is 10.2 Å². The van der Waals surface area contributed by atoms with Crippen LogP contribution in [0.1, 0.15) is 6.42 Å². The molecule has 1 aliphatic heterocycles. The second-order valence-electron chi connectivity index (χ2n) is 5.05. The third-order valence-corrected chi connectivity index (χ3v) is 3.88. The van der Waals surface area contributed by atoms with Gasteiger partial charge in [0.05, 0.1) is 10.5 Å². The number of halogens is 1. The first-order chi connectivity index (χ1) is 10.3. The minimum atomic E-state index is 0.575. The molecule has 1 N–H and O–H groups in total. The number of fused-ring (bicyclic) bond motifs is 3. The van der Waals surface area contributed by atoms with E-state index in [0.717, 1.165) is 49.6 Å². The minimum Gasteiger partial charge on any atom is -0.352 e. The number of hydrogen-bond donors (Lipinski definition) is 1. The van der Waals surface area contributed by atoms with Crippen LogP contribution >= 0.6 is 11.6 Å². The van der Waals surface area contributed by atoms with Crippen molar-refractivity contribution in [2.75, 3.05) is 31.1 Å². The van der Waals surface area contributed by atoms with E-state index in [1.165, 1.54) is 0 Å². The fraction of sp³-hybridized carbons (Fsp3) is 0.385. The molecule has 0 amide bonds. The number of aromatic nitrogens is 5. The van der Waals surface area contributed by atoms with E-state index in [2.05, 4.69) is 30.4 Å². The van der Waals surface area contributed by atoms with Gasteiger partial charge in [-0.05, 0) is 19.0 Å². The Kier molecular flexibility index (Phi) is 3.08. The van der Waals surface area contributed by atoms with E-state index in [9.17, 15) is 0 Å². The van der Waals surface area contributed by atoms with Crippen molar-refractivity contribution in [3.63, 3.8) is 0 Å². The van der Waals surface area contributed by atoms with Gasteiger partial charge in [-0.2, -0.15) is 0 Å². The molecule has 0 spiro atoms. The molecule has 4 heterocycles. The zero-order chi connectivity index (χ0) is 14.2. The number of nitrogens with zero attached hydrogens (tertiary/aromatic N) is 6.